The molecule has 0 amide bonds. The van der Waals surface area contributed by atoms with Crippen molar-refractivity contribution in [3.8, 4) is 0 Å². The number of benzene rings is 2. The summed E-state index contributed by atoms with van der Waals surface area (Å²) >= 11 is 12.9. The molecular weight excluding hydrogens is 403 g/mol. The third kappa shape index (κ3) is 3.78. The summed E-state index contributed by atoms with van der Waals surface area (Å²) in [5.41, 5.74) is 4.80. The van der Waals surface area contributed by atoms with Gasteiger partial charge in [0.2, 0.25) is 0 Å². The van der Waals surface area contributed by atoms with Crippen molar-refractivity contribution in [1.29, 1.82) is 0 Å². The van der Waals surface area contributed by atoms with Crippen molar-refractivity contribution in [2.24, 2.45) is 5.41 Å². The molecule has 0 saturated carbocycles. The SMILES string of the molecule is CCCN1c2ccccc2NC2=C(C(=O)CC(C)(C)C2)C1c1ccc(Cl)cc1Cl. The van der Waals surface area contributed by atoms with Gasteiger partial charge in [0.05, 0.1) is 17.4 Å². The second kappa shape index (κ2) is 7.70. The van der Waals surface area contributed by atoms with E-state index in [0.29, 0.717) is 16.5 Å². The fourth-order valence-electron chi connectivity index (χ4n) is 4.59. The summed E-state index contributed by atoms with van der Waals surface area (Å²) in [6.45, 7) is 7.28. The van der Waals surface area contributed by atoms with Crippen LogP contribution in [0, 0.1) is 5.41 Å². The van der Waals surface area contributed by atoms with Crippen LogP contribution in [0.2, 0.25) is 10.0 Å². The molecule has 2 aliphatic rings. The lowest BCUT2D eigenvalue weighted by Gasteiger charge is -2.38. The van der Waals surface area contributed by atoms with Crippen molar-refractivity contribution < 1.29 is 4.79 Å². The van der Waals surface area contributed by atoms with Gasteiger partial charge in [0.25, 0.3) is 0 Å². The number of nitrogens with one attached hydrogen (secondary N) is 1. The van der Waals surface area contributed by atoms with Crippen LogP contribution < -0.4 is 10.2 Å². The molecule has 5 heteroatoms. The molecule has 1 N–H and O–H groups in total. The molecule has 0 fully saturated rings. The van der Waals surface area contributed by atoms with Crippen LogP contribution in [0.3, 0.4) is 0 Å². The molecule has 29 heavy (non-hydrogen) atoms. The van der Waals surface area contributed by atoms with Gasteiger partial charge in [-0.2, -0.15) is 0 Å². The third-order valence-electron chi connectivity index (χ3n) is 5.73. The van der Waals surface area contributed by atoms with E-state index in [1.807, 2.05) is 24.3 Å². The zero-order chi connectivity index (χ0) is 20.8. The normalized spacial score (nSPS) is 20.7. The van der Waals surface area contributed by atoms with E-state index in [2.05, 4.69) is 43.1 Å². The molecule has 0 spiro atoms. The molecule has 2 aromatic rings. The first-order valence-electron chi connectivity index (χ1n) is 10.1. The average molecular weight is 429 g/mol. The molecule has 1 aliphatic carbocycles. The van der Waals surface area contributed by atoms with E-state index in [1.165, 1.54) is 0 Å². The molecule has 1 heterocycles. The Morgan fingerprint density at radius 2 is 1.90 bits per heavy atom. The summed E-state index contributed by atoms with van der Waals surface area (Å²) in [4.78, 5) is 15.8. The highest BCUT2D eigenvalue weighted by Gasteiger charge is 2.41. The number of rotatable bonds is 3. The molecule has 0 saturated heterocycles. The maximum Gasteiger partial charge on any atom is 0.163 e. The fourth-order valence-corrected chi connectivity index (χ4v) is 5.10. The summed E-state index contributed by atoms with van der Waals surface area (Å²) in [7, 11) is 0. The number of halogens is 2. The van der Waals surface area contributed by atoms with Gasteiger partial charge in [-0.1, -0.05) is 62.2 Å². The summed E-state index contributed by atoms with van der Waals surface area (Å²) < 4.78 is 0. The van der Waals surface area contributed by atoms with Crippen LogP contribution >= 0.6 is 23.2 Å². The largest absolute Gasteiger partial charge is 0.358 e. The smallest absolute Gasteiger partial charge is 0.163 e. The van der Waals surface area contributed by atoms with Crippen molar-refractivity contribution in [3.63, 3.8) is 0 Å². The highest BCUT2D eigenvalue weighted by atomic mass is 35.5. The van der Waals surface area contributed by atoms with Crippen molar-refractivity contribution >= 4 is 40.4 Å². The minimum atomic E-state index is -0.241. The molecule has 2 aromatic carbocycles. The van der Waals surface area contributed by atoms with E-state index in [4.69, 9.17) is 23.2 Å². The van der Waals surface area contributed by atoms with Crippen LogP contribution in [-0.4, -0.2) is 12.3 Å². The number of nitrogens with zero attached hydrogens (tertiary/aromatic N) is 1. The first kappa shape index (κ1) is 20.3. The Morgan fingerprint density at radius 3 is 2.62 bits per heavy atom. The predicted molar refractivity (Wildman–Crippen MR) is 122 cm³/mol. The van der Waals surface area contributed by atoms with Gasteiger partial charge in [-0.3, -0.25) is 4.79 Å². The number of hydrogen-bond donors (Lipinski definition) is 1. The highest BCUT2D eigenvalue weighted by molar-refractivity contribution is 6.35. The van der Waals surface area contributed by atoms with E-state index in [1.54, 1.807) is 6.07 Å². The number of fused-ring (bicyclic) bond motifs is 1. The predicted octanol–water partition coefficient (Wildman–Crippen LogP) is 7.02. The van der Waals surface area contributed by atoms with Gasteiger partial charge in [-0.05, 0) is 48.1 Å². The molecule has 152 valence electrons. The van der Waals surface area contributed by atoms with Crippen molar-refractivity contribution in [2.75, 3.05) is 16.8 Å². The molecule has 1 atom stereocenters. The van der Waals surface area contributed by atoms with Crippen LogP contribution in [0.15, 0.2) is 53.7 Å². The minimum absolute atomic E-state index is 0.0773. The number of hydrogen-bond acceptors (Lipinski definition) is 3. The zero-order valence-electron chi connectivity index (χ0n) is 17.1. The monoisotopic (exact) mass is 428 g/mol. The van der Waals surface area contributed by atoms with Gasteiger partial charge >= 0.3 is 0 Å². The van der Waals surface area contributed by atoms with Gasteiger partial charge in [0.15, 0.2) is 5.78 Å². The third-order valence-corrected chi connectivity index (χ3v) is 6.29. The quantitative estimate of drug-likeness (QED) is 0.569. The molecule has 1 unspecified atom stereocenters. The van der Waals surface area contributed by atoms with Gasteiger partial charge in [0.1, 0.15) is 0 Å². The second-order valence-corrected chi connectivity index (χ2v) is 9.58. The van der Waals surface area contributed by atoms with E-state index >= 15 is 0 Å². The Morgan fingerprint density at radius 1 is 1.14 bits per heavy atom. The fraction of sp³-hybridized carbons (Fsp3) is 0.375. The summed E-state index contributed by atoms with van der Waals surface area (Å²) in [5.74, 6) is 0.189. The number of para-hydroxylation sites is 2. The molecule has 4 rings (SSSR count). The molecule has 1 aliphatic heterocycles. The number of carbonyl (C=O) groups is 1. The Kier molecular flexibility index (Phi) is 5.39. The van der Waals surface area contributed by atoms with E-state index in [0.717, 1.165) is 47.6 Å². The van der Waals surface area contributed by atoms with Crippen molar-refractivity contribution in [3.05, 3.63) is 69.3 Å². The molecule has 0 aromatic heterocycles. The lowest BCUT2D eigenvalue weighted by Crippen LogP contribution is -2.36. The first-order valence-corrected chi connectivity index (χ1v) is 10.9. The van der Waals surface area contributed by atoms with Crippen LogP contribution in [0.1, 0.15) is 51.6 Å². The van der Waals surface area contributed by atoms with Crippen LogP contribution in [-0.2, 0) is 4.79 Å². The molecular formula is C24H26Cl2N2O. The minimum Gasteiger partial charge on any atom is -0.358 e. The first-order chi connectivity index (χ1) is 13.8. The van der Waals surface area contributed by atoms with Crippen molar-refractivity contribution in [2.45, 2.75) is 46.1 Å². The standard InChI is InChI=1S/C24H26Cl2N2O/c1-4-11-28-20-8-6-5-7-18(20)27-19-13-24(2,3)14-21(29)22(19)23(28)16-10-9-15(25)12-17(16)26/h5-10,12,23,27H,4,11,13-14H2,1-3H3. The number of allylic oxidation sites excluding steroid dienone is 1. The second-order valence-electron chi connectivity index (χ2n) is 8.74. The Balaban J connectivity index is 1.99. The van der Waals surface area contributed by atoms with Crippen LogP contribution in [0.5, 0.6) is 0 Å². The molecule has 0 radical (unpaired) electrons. The average Bonchev–Trinajstić information content (AvgIpc) is 2.76. The maximum atomic E-state index is 13.5. The maximum absolute atomic E-state index is 13.5. The summed E-state index contributed by atoms with van der Waals surface area (Å²) in [6, 6.07) is 13.6. The van der Waals surface area contributed by atoms with Gasteiger partial charge in [-0.15, -0.1) is 0 Å². The van der Waals surface area contributed by atoms with Crippen LogP contribution in [0.4, 0.5) is 11.4 Å². The topological polar surface area (TPSA) is 32.3 Å². The Hall–Kier alpha value is -1.97. The number of ketones is 1. The number of anilines is 2. The van der Waals surface area contributed by atoms with E-state index in [9.17, 15) is 4.79 Å². The van der Waals surface area contributed by atoms with Crippen LogP contribution in [0.25, 0.3) is 0 Å². The highest BCUT2D eigenvalue weighted by Crippen LogP contribution is 2.49. The Bertz CT molecular complexity index is 996. The van der Waals surface area contributed by atoms with Gasteiger partial charge in [0, 0.05) is 34.3 Å². The van der Waals surface area contributed by atoms with Gasteiger partial charge < -0.3 is 10.2 Å². The summed E-state index contributed by atoms with van der Waals surface area (Å²) in [5, 5.41) is 4.80. The Labute approximate surface area is 182 Å². The molecule has 3 nitrogen and oxygen atoms in total. The number of carbonyl (C=O) groups excluding carboxylic acids is 1. The number of Topliss-reactive ketones (excluding diaryl/α,β-unsaturated/α-hetero) is 1. The molecule has 0 bridgehead atoms. The van der Waals surface area contributed by atoms with E-state index < -0.39 is 0 Å². The lowest BCUT2D eigenvalue weighted by atomic mass is 9.73. The lowest BCUT2D eigenvalue weighted by molar-refractivity contribution is -0.118. The van der Waals surface area contributed by atoms with E-state index in [-0.39, 0.29) is 17.2 Å². The van der Waals surface area contributed by atoms with Gasteiger partial charge in [-0.25, -0.2) is 0 Å². The van der Waals surface area contributed by atoms with Crippen molar-refractivity contribution in [1.82, 2.24) is 0 Å². The zero-order valence-corrected chi connectivity index (χ0v) is 18.6. The summed E-state index contributed by atoms with van der Waals surface area (Å²) in [6.07, 6.45) is 2.31.